The summed E-state index contributed by atoms with van der Waals surface area (Å²) >= 11 is 0. The molecule has 0 bridgehead atoms. The molecule has 1 saturated heterocycles. The number of aromatic nitrogens is 2. The third kappa shape index (κ3) is 4.82. The number of nitrogens with zero attached hydrogens (tertiary/aromatic N) is 4. The Morgan fingerprint density at radius 3 is 2.55 bits per heavy atom. The molecular formula is C23H28N4O2. The Hall–Kier alpha value is -2.73. The first-order valence-electron chi connectivity index (χ1n) is 10.6. The molecule has 3 heterocycles. The van der Waals surface area contributed by atoms with Gasteiger partial charge in [-0.2, -0.15) is 9.78 Å². The summed E-state index contributed by atoms with van der Waals surface area (Å²) in [5, 5.41) is 4.60. The molecule has 0 spiro atoms. The molecule has 0 amide bonds. The summed E-state index contributed by atoms with van der Waals surface area (Å²) in [7, 11) is 0. The molecular weight excluding hydrogens is 364 g/mol. The van der Waals surface area contributed by atoms with Crippen LogP contribution in [0.25, 0.3) is 0 Å². The van der Waals surface area contributed by atoms with E-state index < -0.39 is 0 Å². The number of likely N-dealkylation sites (tertiary alicyclic amines) is 1. The van der Waals surface area contributed by atoms with Gasteiger partial charge in [-0.1, -0.05) is 18.9 Å². The lowest BCUT2D eigenvalue weighted by Crippen LogP contribution is -2.28. The molecule has 1 aromatic heterocycles. The normalized spacial score (nSPS) is 17.2. The molecule has 2 aliphatic heterocycles. The van der Waals surface area contributed by atoms with Gasteiger partial charge in [0.25, 0.3) is 5.56 Å². The van der Waals surface area contributed by atoms with Crippen LogP contribution in [0.4, 0.5) is 0 Å². The predicted octanol–water partition coefficient (Wildman–Crippen LogP) is 3.38. The third-order valence-electron chi connectivity index (χ3n) is 5.35. The smallest absolute Gasteiger partial charge is 0.274 e. The highest BCUT2D eigenvalue weighted by Gasteiger charge is 2.15. The zero-order valence-electron chi connectivity index (χ0n) is 17.0. The van der Waals surface area contributed by atoms with Gasteiger partial charge in [-0.3, -0.25) is 9.69 Å². The van der Waals surface area contributed by atoms with Crippen LogP contribution >= 0.6 is 0 Å². The van der Waals surface area contributed by atoms with Gasteiger partial charge in [0.15, 0.2) is 0 Å². The van der Waals surface area contributed by atoms with E-state index in [0.717, 1.165) is 42.4 Å². The summed E-state index contributed by atoms with van der Waals surface area (Å²) in [6.45, 7) is 5.50. The predicted molar refractivity (Wildman–Crippen MR) is 115 cm³/mol. The Balaban J connectivity index is 1.59. The van der Waals surface area contributed by atoms with Crippen molar-refractivity contribution in [3.63, 3.8) is 0 Å². The molecule has 1 fully saturated rings. The fraction of sp³-hybridized carbons (Fsp3) is 0.435. The Labute approximate surface area is 171 Å². The van der Waals surface area contributed by atoms with Gasteiger partial charge in [-0.05, 0) is 63.2 Å². The highest BCUT2D eigenvalue weighted by molar-refractivity contribution is 6.08. The molecule has 2 aromatic rings. The van der Waals surface area contributed by atoms with Crippen LogP contribution < -0.4 is 10.3 Å². The van der Waals surface area contributed by atoms with E-state index in [4.69, 9.17) is 9.72 Å². The van der Waals surface area contributed by atoms with E-state index in [-0.39, 0.29) is 5.56 Å². The number of hydrogen-bond donors (Lipinski definition) is 0. The van der Waals surface area contributed by atoms with Gasteiger partial charge in [0.2, 0.25) is 0 Å². The fourth-order valence-corrected chi connectivity index (χ4v) is 3.88. The van der Waals surface area contributed by atoms with E-state index in [9.17, 15) is 4.79 Å². The zero-order valence-corrected chi connectivity index (χ0v) is 17.0. The number of hydrogen-bond acceptors (Lipinski definition) is 5. The lowest BCUT2D eigenvalue weighted by molar-refractivity contribution is 0.273. The molecule has 4 rings (SSSR count). The van der Waals surface area contributed by atoms with Crippen LogP contribution in [0.15, 0.2) is 52.4 Å². The van der Waals surface area contributed by atoms with Crippen molar-refractivity contribution in [2.24, 2.45) is 5.10 Å². The monoisotopic (exact) mass is 392 g/mol. The highest BCUT2D eigenvalue weighted by Crippen LogP contribution is 2.16. The minimum absolute atomic E-state index is 0.119. The molecule has 152 valence electrons. The molecule has 0 aliphatic carbocycles. The van der Waals surface area contributed by atoms with Gasteiger partial charge in [0.1, 0.15) is 11.6 Å². The maximum Gasteiger partial charge on any atom is 0.274 e. The molecule has 2 aliphatic rings. The average molecular weight is 393 g/mol. The number of allylic oxidation sites excluding steroid dienone is 2. The molecule has 0 N–H and O–H groups in total. The lowest BCUT2D eigenvalue weighted by atomic mass is 10.1. The first kappa shape index (κ1) is 19.6. The van der Waals surface area contributed by atoms with E-state index >= 15 is 0 Å². The molecule has 6 nitrogen and oxygen atoms in total. The minimum atomic E-state index is -0.119. The Bertz CT molecular complexity index is 952. The lowest BCUT2D eigenvalue weighted by Gasteiger charge is -2.19. The van der Waals surface area contributed by atoms with Gasteiger partial charge >= 0.3 is 0 Å². The highest BCUT2D eigenvalue weighted by atomic mass is 16.5. The van der Waals surface area contributed by atoms with Crippen LogP contribution in [0.3, 0.4) is 0 Å². The van der Waals surface area contributed by atoms with Crippen molar-refractivity contribution >= 4 is 5.71 Å². The summed E-state index contributed by atoms with van der Waals surface area (Å²) < 4.78 is 6.95. The maximum absolute atomic E-state index is 12.8. The van der Waals surface area contributed by atoms with E-state index in [0.29, 0.717) is 18.9 Å². The Morgan fingerprint density at radius 2 is 1.83 bits per heavy atom. The number of fused-ring (bicyclic) bond motifs is 1. The van der Waals surface area contributed by atoms with Crippen LogP contribution in [-0.4, -0.2) is 40.0 Å². The third-order valence-corrected chi connectivity index (χ3v) is 5.35. The second-order valence-corrected chi connectivity index (χ2v) is 7.55. The maximum atomic E-state index is 12.8. The van der Waals surface area contributed by atoms with Crippen molar-refractivity contribution in [3.8, 4) is 5.75 Å². The van der Waals surface area contributed by atoms with Crippen molar-refractivity contribution in [2.75, 3.05) is 19.7 Å². The summed E-state index contributed by atoms with van der Waals surface area (Å²) in [6, 6.07) is 9.41. The molecule has 1 aromatic carbocycles. The van der Waals surface area contributed by atoms with Crippen LogP contribution in [0, 0.1) is 0 Å². The van der Waals surface area contributed by atoms with Crippen LogP contribution in [0.5, 0.6) is 5.75 Å². The second kappa shape index (κ2) is 9.18. The summed E-state index contributed by atoms with van der Waals surface area (Å²) in [5.74, 6) is 1.52. The molecule has 6 heteroatoms. The van der Waals surface area contributed by atoms with E-state index in [1.807, 2.05) is 43.3 Å². The zero-order chi connectivity index (χ0) is 20.1. The van der Waals surface area contributed by atoms with E-state index in [2.05, 4.69) is 10.0 Å². The van der Waals surface area contributed by atoms with Gasteiger partial charge < -0.3 is 4.74 Å². The van der Waals surface area contributed by atoms with Crippen molar-refractivity contribution in [2.45, 2.75) is 45.6 Å². The summed E-state index contributed by atoms with van der Waals surface area (Å²) in [5.41, 5.74) is 2.41. The van der Waals surface area contributed by atoms with Crippen molar-refractivity contribution < 1.29 is 4.74 Å². The first-order chi connectivity index (χ1) is 14.2. The van der Waals surface area contributed by atoms with Gasteiger partial charge in [-0.25, -0.2) is 4.98 Å². The van der Waals surface area contributed by atoms with Gasteiger partial charge in [0.05, 0.1) is 18.0 Å². The van der Waals surface area contributed by atoms with Crippen molar-refractivity contribution in [1.29, 1.82) is 0 Å². The molecule has 29 heavy (non-hydrogen) atoms. The SMILES string of the molecule is CCOc1ccc(C2=Nn3c(nc(CN4CCCCCC4)cc3=O)CC=C2)cc1. The molecule has 0 atom stereocenters. The van der Waals surface area contributed by atoms with Crippen LogP contribution in [0.2, 0.25) is 0 Å². The first-order valence-corrected chi connectivity index (χ1v) is 10.6. The Kier molecular flexibility index (Phi) is 6.20. The van der Waals surface area contributed by atoms with E-state index in [1.54, 1.807) is 6.07 Å². The quantitative estimate of drug-likeness (QED) is 0.783. The van der Waals surface area contributed by atoms with Gasteiger partial charge in [0, 0.05) is 24.6 Å². The molecule has 0 saturated carbocycles. The average Bonchev–Trinajstić information content (AvgIpc) is 3.10. The largest absolute Gasteiger partial charge is 0.494 e. The van der Waals surface area contributed by atoms with Crippen molar-refractivity contribution in [3.05, 3.63) is 69.9 Å². The molecule has 0 unspecified atom stereocenters. The van der Waals surface area contributed by atoms with Crippen LogP contribution in [0.1, 0.15) is 49.7 Å². The van der Waals surface area contributed by atoms with Gasteiger partial charge in [-0.15, -0.1) is 0 Å². The van der Waals surface area contributed by atoms with E-state index in [1.165, 1.54) is 30.4 Å². The molecule has 0 radical (unpaired) electrons. The Morgan fingerprint density at radius 1 is 1.07 bits per heavy atom. The number of ether oxygens (including phenoxy) is 1. The van der Waals surface area contributed by atoms with Crippen LogP contribution in [-0.2, 0) is 13.0 Å². The standard InChI is InChI=1S/C23H28N4O2/c1-2-29-20-12-10-18(11-13-20)21-8-7-9-22-24-19(16-23(28)27(22)25-21)17-26-14-5-3-4-6-15-26/h7-8,10-13,16H,2-6,9,14-15,17H2,1H3. The number of benzene rings is 1. The minimum Gasteiger partial charge on any atom is -0.494 e. The second-order valence-electron chi connectivity index (χ2n) is 7.55. The van der Waals surface area contributed by atoms with Crippen molar-refractivity contribution in [1.82, 2.24) is 14.6 Å². The number of rotatable bonds is 5. The fourth-order valence-electron chi connectivity index (χ4n) is 3.88. The topological polar surface area (TPSA) is 59.7 Å². The summed E-state index contributed by atoms with van der Waals surface area (Å²) in [6.07, 6.45) is 9.61. The summed E-state index contributed by atoms with van der Waals surface area (Å²) in [4.78, 5) is 20.0.